The van der Waals surface area contributed by atoms with Gasteiger partial charge in [-0.15, -0.1) is 0 Å². The number of hydrogen-bond acceptors (Lipinski definition) is 6. The molecular weight excluding hydrogens is 431 g/mol. The van der Waals surface area contributed by atoms with Crippen molar-refractivity contribution >= 4 is 38.1 Å². The fraction of sp³-hybridized carbons (Fsp3) is 0.304. The van der Waals surface area contributed by atoms with Crippen LogP contribution in [0.15, 0.2) is 48.7 Å². The number of nitrogens with zero attached hydrogens (tertiary/aromatic N) is 2. The highest BCUT2D eigenvalue weighted by Crippen LogP contribution is 2.24. The van der Waals surface area contributed by atoms with Gasteiger partial charge in [-0.2, -0.15) is 0 Å². The summed E-state index contributed by atoms with van der Waals surface area (Å²) in [5.41, 5.74) is 2.23. The molecule has 2 aromatic carbocycles. The van der Waals surface area contributed by atoms with E-state index in [-0.39, 0.29) is 17.0 Å². The Morgan fingerprint density at radius 3 is 2.66 bits per heavy atom. The van der Waals surface area contributed by atoms with Crippen molar-refractivity contribution in [2.45, 2.75) is 13.3 Å². The Bertz CT molecular complexity index is 1260. The molecule has 0 atom stereocenters. The van der Waals surface area contributed by atoms with Crippen LogP contribution >= 0.6 is 0 Å². The summed E-state index contributed by atoms with van der Waals surface area (Å²) in [7, 11) is -3.60. The van der Waals surface area contributed by atoms with Crippen LogP contribution in [0, 0.1) is 5.82 Å². The highest BCUT2D eigenvalue weighted by Gasteiger charge is 2.16. The minimum absolute atomic E-state index is 0.0326. The SMILES string of the molecule is CCCS(=O)(=O)Nc1cc(F)cc(C(=O)c2ccc3ncc(N4CCNCC4)cc3c2)c1. The van der Waals surface area contributed by atoms with Gasteiger partial charge in [0.2, 0.25) is 10.0 Å². The number of halogens is 1. The quantitative estimate of drug-likeness (QED) is 0.531. The number of carbonyl (C=O) groups excluding carboxylic acids is 1. The standard InChI is InChI=1S/C23H25FN4O3S/c1-2-9-32(30,31)27-20-12-18(11-19(24)14-20)23(29)16-3-4-22-17(10-16)13-21(15-26-22)28-7-5-25-6-8-28/h3-4,10-15,25,27H,2,5-9H2,1H3. The maximum absolute atomic E-state index is 14.2. The molecule has 0 unspecified atom stereocenters. The topological polar surface area (TPSA) is 91.4 Å². The molecule has 4 rings (SSSR count). The molecule has 32 heavy (non-hydrogen) atoms. The van der Waals surface area contributed by atoms with Crippen molar-refractivity contribution in [2.75, 3.05) is 41.6 Å². The van der Waals surface area contributed by atoms with Crippen molar-refractivity contribution in [1.82, 2.24) is 10.3 Å². The van der Waals surface area contributed by atoms with Crippen molar-refractivity contribution in [2.24, 2.45) is 0 Å². The molecule has 1 aliphatic heterocycles. The van der Waals surface area contributed by atoms with Crippen molar-refractivity contribution in [1.29, 1.82) is 0 Å². The van der Waals surface area contributed by atoms with E-state index in [1.165, 1.54) is 6.07 Å². The molecule has 1 aliphatic rings. The average Bonchev–Trinajstić information content (AvgIpc) is 2.77. The number of benzene rings is 2. The van der Waals surface area contributed by atoms with Gasteiger partial charge in [0.1, 0.15) is 5.82 Å². The third-order valence-electron chi connectivity index (χ3n) is 5.32. The first-order valence-corrected chi connectivity index (χ1v) is 12.2. The molecule has 2 heterocycles. The average molecular weight is 457 g/mol. The Morgan fingerprint density at radius 2 is 1.91 bits per heavy atom. The molecule has 1 fully saturated rings. The maximum atomic E-state index is 14.2. The second-order valence-electron chi connectivity index (χ2n) is 7.82. The van der Waals surface area contributed by atoms with Gasteiger partial charge in [-0.3, -0.25) is 14.5 Å². The van der Waals surface area contributed by atoms with Gasteiger partial charge in [0.15, 0.2) is 5.78 Å². The van der Waals surface area contributed by atoms with Gasteiger partial charge in [0.05, 0.1) is 28.8 Å². The van der Waals surface area contributed by atoms with E-state index >= 15 is 0 Å². The van der Waals surface area contributed by atoms with E-state index in [9.17, 15) is 17.6 Å². The predicted octanol–water partition coefficient (Wildman–Crippen LogP) is 3.17. The van der Waals surface area contributed by atoms with Crippen LogP contribution < -0.4 is 14.9 Å². The zero-order valence-corrected chi connectivity index (χ0v) is 18.6. The number of carbonyl (C=O) groups is 1. The molecule has 168 valence electrons. The maximum Gasteiger partial charge on any atom is 0.232 e. The number of anilines is 2. The predicted molar refractivity (Wildman–Crippen MR) is 124 cm³/mol. The normalized spacial score (nSPS) is 14.5. The molecular formula is C23H25FN4O3S. The number of fused-ring (bicyclic) bond motifs is 1. The molecule has 3 aromatic rings. The van der Waals surface area contributed by atoms with Crippen molar-refractivity contribution in [3.05, 3.63) is 65.6 Å². The molecule has 7 nitrogen and oxygen atoms in total. The van der Waals surface area contributed by atoms with Gasteiger partial charge in [-0.25, -0.2) is 12.8 Å². The lowest BCUT2D eigenvalue weighted by Gasteiger charge is -2.29. The number of sulfonamides is 1. The molecule has 0 bridgehead atoms. The number of hydrogen-bond donors (Lipinski definition) is 2. The number of piperazine rings is 1. The molecule has 1 aromatic heterocycles. The largest absolute Gasteiger partial charge is 0.368 e. The first-order valence-electron chi connectivity index (χ1n) is 10.6. The van der Waals surface area contributed by atoms with Gasteiger partial charge in [0, 0.05) is 42.7 Å². The van der Waals surface area contributed by atoms with E-state index in [0.717, 1.165) is 54.9 Å². The second-order valence-corrected chi connectivity index (χ2v) is 9.66. The Hall–Kier alpha value is -3.04. The van der Waals surface area contributed by atoms with Gasteiger partial charge in [-0.1, -0.05) is 6.92 Å². The fourth-order valence-corrected chi connectivity index (χ4v) is 4.92. The summed E-state index contributed by atoms with van der Waals surface area (Å²) in [6, 6.07) is 10.7. The summed E-state index contributed by atoms with van der Waals surface area (Å²) in [5, 5.41) is 4.13. The van der Waals surface area contributed by atoms with Crippen LogP contribution in [0.2, 0.25) is 0 Å². The minimum Gasteiger partial charge on any atom is -0.368 e. The Balaban J connectivity index is 1.64. The van der Waals surface area contributed by atoms with E-state index in [1.54, 1.807) is 25.1 Å². The monoisotopic (exact) mass is 456 g/mol. The van der Waals surface area contributed by atoms with Crippen LogP contribution in [-0.2, 0) is 10.0 Å². The van der Waals surface area contributed by atoms with Crippen LogP contribution in [0.5, 0.6) is 0 Å². The zero-order valence-electron chi connectivity index (χ0n) is 17.8. The van der Waals surface area contributed by atoms with E-state index in [0.29, 0.717) is 12.0 Å². The van der Waals surface area contributed by atoms with E-state index < -0.39 is 21.6 Å². The lowest BCUT2D eigenvalue weighted by Crippen LogP contribution is -2.43. The van der Waals surface area contributed by atoms with E-state index in [1.807, 2.05) is 12.3 Å². The first kappa shape index (κ1) is 22.2. The summed E-state index contributed by atoms with van der Waals surface area (Å²) < 4.78 is 40.6. The van der Waals surface area contributed by atoms with Crippen LogP contribution in [0.1, 0.15) is 29.3 Å². The van der Waals surface area contributed by atoms with Crippen molar-refractivity contribution in [3.8, 4) is 0 Å². The van der Waals surface area contributed by atoms with Crippen LogP contribution in [0.3, 0.4) is 0 Å². The second kappa shape index (κ2) is 9.22. The Kier molecular flexibility index (Phi) is 6.38. The molecule has 2 N–H and O–H groups in total. The van der Waals surface area contributed by atoms with Crippen molar-refractivity contribution in [3.63, 3.8) is 0 Å². The Morgan fingerprint density at radius 1 is 1.12 bits per heavy atom. The summed E-state index contributed by atoms with van der Waals surface area (Å²) in [5.74, 6) is -1.16. The number of rotatable bonds is 7. The summed E-state index contributed by atoms with van der Waals surface area (Å²) in [6.45, 7) is 5.31. The number of ketones is 1. The van der Waals surface area contributed by atoms with Gasteiger partial charge >= 0.3 is 0 Å². The highest BCUT2D eigenvalue weighted by atomic mass is 32.2. The molecule has 0 amide bonds. The van der Waals surface area contributed by atoms with E-state index in [2.05, 4.69) is 19.9 Å². The molecule has 0 aliphatic carbocycles. The van der Waals surface area contributed by atoms with Gasteiger partial charge < -0.3 is 10.2 Å². The smallest absolute Gasteiger partial charge is 0.232 e. The van der Waals surface area contributed by atoms with Crippen LogP contribution in [0.4, 0.5) is 15.8 Å². The Labute approximate surface area is 186 Å². The third kappa shape index (κ3) is 5.05. The minimum atomic E-state index is -3.60. The van der Waals surface area contributed by atoms with Gasteiger partial charge in [0.25, 0.3) is 0 Å². The first-order chi connectivity index (χ1) is 15.3. The summed E-state index contributed by atoms with van der Waals surface area (Å²) >= 11 is 0. The number of pyridine rings is 1. The van der Waals surface area contributed by atoms with Crippen LogP contribution in [0.25, 0.3) is 10.9 Å². The number of aromatic nitrogens is 1. The lowest BCUT2D eigenvalue weighted by molar-refractivity contribution is 0.103. The lowest BCUT2D eigenvalue weighted by atomic mass is 10.0. The number of nitrogens with one attached hydrogen (secondary N) is 2. The molecule has 9 heteroatoms. The third-order valence-corrected chi connectivity index (χ3v) is 6.81. The highest BCUT2D eigenvalue weighted by molar-refractivity contribution is 7.92. The fourth-order valence-electron chi connectivity index (χ4n) is 3.80. The molecule has 0 radical (unpaired) electrons. The van der Waals surface area contributed by atoms with Crippen molar-refractivity contribution < 1.29 is 17.6 Å². The molecule has 0 spiro atoms. The van der Waals surface area contributed by atoms with Gasteiger partial charge in [-0.05, 0) is 48.9 Å². The van der Waals surface area contributed by atoms with Crippen LogP contribution in [-0.4, -0.2) is 51.1 Å². The van der Waals surface area contributed by atoms with E-state index in [4.69, 9.17) is 0 Å². The summed E-state index contributed by atoms with van der Waals surface area (Å²) in [4.78, 5) is 19.8. The molecule has 0 saturated carbocycles. The zero-order chi connectivity index (χ0) is 22.7. The molecule has 1 saturated heterocycles. The summed E-state index contributed by atoms with van der Waals surface area (Å²) in [6.07, 6.45) is 2.26.